The van der Waals surface area contributed by atoms with E-state index in [4.69, 9.17) is 0 Å². The largest absolute Gasteiger partial charge is 0.369 e. The van der Waals surface area contributed by atoms with Crippen molar-refractivity contribution in [2.45, 2.75) is 18.7 Å². The molecule has 0 aliphatic rings. The van der Waals surface area contributed by atoms with Crippen LogP contribution in [0.3, 0.4) is 0 Å². The van der Waals surface area contributed by atoms with Crippen molar-refractivity contribution in [3.05, 3.63) is 65.6 Å². The van der Waals surface area contributed by atoms with Gasteiger partial charge in [-0.1, -0.05) is 6.07 Å². The highest BCUT2D eigenvalue weighted by Crippen LogP contribution is 2.18. The van der Waals surface area contributed by atoms with E-state index in [0.29, 0.717) is 23.3 Å². The SMILES string of the molecule is Cc1ccnc(Nc2cc(NCCNS(=O)(=O)c3c(F)cccc3F)nc(C)n2)c1. The number of aryl methyl sites for hydroxylation is 2. The molecule has 0 unspecified atom stereocenters. The average Bonchev–Trinajstić information content (AvgIpc) is 2.64. The maximum Gasteiger partial charge on any atom is 0.246 e. The number of benzene rings is 1. The zero-order chi connectivity index (χ0) is 21.7. The van der Waals surface area contributed by atoms with E-state index in [1.807, 2.05) is 19.1 Å². The van der Waals surface area contributed by atoms with Crippen LogP contribution >= 0.6 is 0 Å². The highest BCUT2D eigenvalue weighted by Gasteiger charge is 2.23. The van der Waals surface area contributed by atoms with Crippen LogP contribution in [-0.4, -0.2) is 36.5 Å². The fourth-order valence-electron chi connectivity index (χ4n) is 2.65. The standard InChI is InChI=1S/C19H20F2N6O2S/c1-12-6-7-22-16(10-12)27-18-11-17(25-13(2)26-18)23-8-9-24-30(28,29)19-14(20)4-3-5-15(19)21/h3-7,10-11,24H,8-9H2,1-2H3,(H2,22,23,25,26,27). The van der Waals surface area contributed by atoms with Crippen molar-refractivity contribution in [1.29, 1.82) is 0 Å². The van der Waals surface area contributed by atoms with Gasteiger partial charge in [-0.25, -0.2) is 36.9 Å². The summed E-state index contributed by atoms with van der Waals surface area (Å²) in [4.78, 5) is 11.7. The van der Waals surface area contributed by atoms with Gasteiger partial charge in [-0.05, 0) is 43.7 Å². The van der Waals surface area contributed by atoms with Crippen LogP contribution in [-0.2, 0) is 10.0 Å². The third-order valence-corrected chi connectivity index (χ3v) is 5.43. The first-order valence-corrected chi connectivity index (χ1v) is 10.5. The first-order chi connectivity index (χ1) is 14.2. The molecule has 0 radical (unpaired) electrons. The molecule has 0 atom stereocenters. The Morgan fingerprint density at radius 2 is 1.63 bits per heavy atom. The smallest absolute Gasteiger partial charge is 0.246 e. The van der Waals surface area contributed by atoms with Crippen LogP contribution in [0.4, 0.5) is 26.2 Å². The number of halogens is 2. The molecule has 0 bridgehead atoms. The number of hydrogen-bond acceptors (Lipinski definition) is 7. The molecule has 2 heterocycles. The highest BCUT2D eigenvalue weighted by atomic mass is 32.2. The summed E-state index contributed by atoms with van der Waals surface area (Å²) in [6, 6.07) is 8.25. The van der Waals surface area contributed by atoms with Crippen LogP contribution in [0.5, 0.6) is 0 Å². The van der Waals surface area contributed by atoms with Gasteiger partial charge in [0.25, 0.3) is 0 Å². The summed E-state index contributed by atoms with van der Waals surface area (Å²) in [5.74, 6) is -0.223. The van der Waals surface area contributed by atoms with Crippen molar-refractivity contribution in [3.63, 3.8) is 0 Å². The topological polar surface area (TPSA) is 109 Å². The van der Waals surface area contributed by atoms with Crippen molar-refractivity contribution < 1.29 is 17.2 Å². The molecule has 0 saturated heterocycles. The van der Waals surface area contributed by atoms with Gasteiger partial charge in [-0.2, -0.15) is 0 Å². The van der Waals surface area contributed by atoms with Crippen LogP contribution in [0.25, 0.3) is 0 Å². The van der Waals surface area contributed by atoms with Gasteiger partial charge in [-0.15, -0.1) is 0 Å². The lowest BCUT2D eigenvalue weighted by atomic mass is 10.3. The highest BCUT2D eigenvalue weighted by molar-refractivity contribution is 7.89. The molecule has 1 aromatic carbocycles. The lowest BCUT2D eigenvalue weighted by Gasteiger charge is -2.11. The van der Waals surface area contributed by atoms with E-state index >= 15 is 0 Å². The van der Waals surface area contributed by atoms with Crippen molar-refractivity contribution in [3.8, 4) is 0 Å². The Balaban J connectivity index is 1.62. The predicted molar refractivity (Wildman–Crippen MR) is 109 cm³/mol. The Kier molecular flexibility index (Phi) is 6.53. The number of sulfonamides is 1. The second-order valence-electron chi connectivity index (χ2n) is 6.40. The van der Waals surface area contributed by atoms with Crippen LogP contribution in [0, 0.1) is 25.5 Å². The lowest BCUT2D eigenvalue weighted by molar-refractivity contribution is 0.514. The maximum absolute atomic E-state index is 13.7. The third-order valence-electron chi connectivity index (χ3n) is 3.92. The van der Waals surface area contributed by atoms with Gasteiger partial charge in [0, 0.05) is 25.4 Å². The summed E-state index contributed by atoms with van der Waals surface area (Å²) >= 11 is 0. The number of pyridine rings is 1. The van der Waals surface area contributed by atoms with E-state index in [0.717, 1.165) is 23.8 Å². The lowest BCUT2D eigenvalue weighted by Crippen LogP contribution is -2.30. The van der Waals surface area contributed by atoms with Gasteiger partial charge in [-0.3, -0.25) is 0 Å². The summed E-state index contributed by atoms with van der Waals surface area (Å²) in [5.41, 5.74) is 1.04. The summed E-state index contributed by atoms with van der Waals surface area (Å²) in [5, 5.41) is 6.03. The van der Waals surface area contributed by atoms with Gasteiger partial charge >= 0.3 is 0 Å². The fraction of sp³-hybridized carbons (Fsp3) is 0.211. The van der Waals surface area contributed by atoms with Crippen LogP contribution in [0.15, 0.2) is 47.5 Å². The monoisotopic (exact) mass is 434 g/mol. The summed E-state index contributed by atoms with van der Waals surface area (Å²) in [6.07, 6.45) is 1.68. The van der Waals surface area contributed by atoms with Gasteiger partial charge in [0.15, 0.2) is 4.90 Å². The number of rotatable bonds is 8. The second kappa shape index (κ2) is 9.09. The van der Waals surface area contributed by atoms with E-state index in [-0.39, 0.29) is 13.1 Å². The molecule has 3 rings (SSSR count). The molecule has 158 valence electrons. The predicted octanol–water partition coefficient (Wildman–Crippen LogP) is 2.90. The third kappa shape index (κ3) is 5.45. The molecule has 11 heteroatoms. The molecule has 3 aromatic rings. The number of nitrogens with zero attached hydrogens (tertiary/aromatic N) is 3. The van der Waals surface area contributed by atoms with Crippen LogP contribution < -0.4 is 15.4 Å². The Bertz CT molecular complexity index is 1140. The van der Waals surface area contributed by atoms with Gasteiger partial charge in [0.2, 0.25) is 10.0 Å². The van der Waals surface area contributed by atoms with E-state index in [9.17, 15) is 17.2 Å². The van der Waals surface area contributed by atoms with Crippen molar-refractivity contribution in [2.24, 2.45) is 0 Å². The fourth-order valence-corrected chi connectivity index (χ4v) is 3.81. The van der Waals surface area contributed by atoms with E-state index in [2.05, 4.69) is 30.3 Å². The molecular weight excluding hydrogens is 414 g/mol. The zero-order valence-electron chi connectivity index (χ0n) is 16.3. The minimum absolute atomic E-state index is 0.110. The molecule has 0 amide bonds. The van der Waals surface area contributed by atoms with E-state index in [1.54, 1.807) is 19.2 Å². The first kappa shape index (κ1) is 21.5. The maximum atomic E-state index is 13.7. The molecule has 0 saturated carbocycles. The van der Waals surface area contributed by atoms with Gasteiger partial charge < -0.3 is 10.6 Å². The number of aromatic nitrogens is 3. The van der Waals surface area contributed by atoms with Crippen LogP contribution in [0.2, 0.25) is 0 Å². The van der Waals surface area contributed by atoms with Crippen LogP contribution in [0.1, 0.15) is 11.4 Å². The van der Waals surface area contributed by atoms with Gasteiger partial charge in [0.05, 0.1) is 0 Å². The summed E-state index contributed by atoms with van der Waals surface area (Å²) in [6.45, 7) is 3.68. The molecule has 2 aromatic heterocycles. The Morgan fingerprint density at radius 3 is 2.33 bits per heavy atom. The number of anilines is 3. The Labute approximate surface area is 172 Å². The molecular formula is C19H20F2N6O2S. The molecule has 0 aliphatic carbocycles. The molecule has 8 nitrogen and oxygen atoms in total. The van der Waals surface area contributed by atoms with Crippen molar-refractivity contribution >= 4 is 27.5 Å². The molecule has 0 aliphatic heterocycles. The van der Waals surface area contributed by atoms with Crippen molar-refractivity contribution in [2.75, 3.05) is 23.7 Å². The molecule has 0 spiro atoms. The van der Waals surface area contributed by atoms with Gasteiger partial charge in [0.1, 0.15) is 34.9 Å². The minimum atomic E-state index is -4.33. The van der Waals surface area contributed by atoms with E-state index < -0.39 is 26.6 Å². The number of hydrogen-bond donors (Lipinski definition) is 3. The summed E-state index contributed by atoms with van der Waals surface area (Å²) < 4.78 is 53.9. The van der Waals surface area contributed by atoms with Crippen molar-refractivity contribution in [1.82, 2.24) is 19.7 Å². The molecule has 30 heavy (non-hydrogen) atoms. The zero-order valence-corrected chi connectivity index (χ0v) is 17.1. The Hall–Kier alpha value is -3.18. The summed E-state index contributed by atoms with van der Waals surface area (Å²) in [7, 11) is -4.33. The minimum Gasteiger partial charge on any atom is -0.369 e. The molecule has 3 N–H and O–H groups in total. The number of nitrogens with one attached hydrogen (secondary N) is 3. The quantitative estimate of drug-likeness (QED) is 0.468. The second-order valence-corrected chi connectivity index (χ2v) is 8.11. The molecule has 0 fully saturated rings. The van der Waals surface area contributed by atoms with E-state index in [1.165, 1.54) is 0 Å². The Morgan fingerprint density at radius 1 is 0.933 bits per heavy atom. The average molecular weight is 434 g/mol. The first-order valence-electron chi connectivity index (χ1n) is 8.97. The normalized spacial score (nSPS) is 11.3.